The molecule has 1 fully saturated rings. The number of nitrogens with one attached hydrogen (secondary N) is 2. The van der Waals surface area contributed by atoms with Crippen LogP contribution in [0.4, 0.5) is 0 Å². The standard InChI is InChI=1S/C12H23N3O2/c1-3-6-14-11(16)9-15(2)12(17)10-5-4-7-13-8-10/h10,13H,3-9H2,1-2H3,(H,14,16)/t10-/m1/s1. The number of piperidine rings is 1. The summed E-state index contributed by atoms with van der Waals surface area (Å²) in [5.74, 6) is 0.0306. The molecule has 17 heavy (non-hydrogen) atoms. The molecule has 5 nitrogen and oxygen atoms in total. The molecule has 1 atom stereocenters. The fourth-order valence-electron chi connectivity index (χ4n) is 1.99. The van der Waals surface area contributed by atoms with Gasteiger partial charge in [0.25, 0.3) is 0 Å². The number of likely N-dealkylation sites (N-methyl/N-ethyl adjacent to an activating group) is 1. The van der Waals surface area contributed by atoms with Gasteiger partial charge in [-0.1, -0.05) is 6.92 Å². The van der Waals surface area contributed by atoms with Crippen LogP contribution in [0.1, 0.15) is 26.2 Å². The number of carbonyl (C=O) groups excluding carboxylic acids is 2. The first kappa shape index (κ1) is 14.0. The van der Waals surface area contributed by atoms with E-state index in [4.69, 9.17) is 0 Å². The van der Waals surface area contributed by atoms with Gasteiger partial charge in [0.1, 0.15) is 0 Å². The van der Waals surface area contributed by atoms with Gasteiger partial charge in [-0.2, -0.15) is 0 Å². The summed E-state index contributed by atoms with van der Waals surface area (Å²) in [6.45, 7) is 4.56. The molecule has 0 aromatic rings. The Morgan fingerprint density at radius 1 is 1.47 bits per heavy atom. The second kappa shape index (κ2) is 7.27. The minimum absolute atomic E-state index is 0.0349. The highest BCUT2D eigenvalue weighted by Crippen LogP contribution is 2.12. The van der Waals surface area contributed by atoms with E-state index in [0.29, 0.717) is 6.54 Å². The monoisotopic (exact) mass is 241 g/mol. The van der Waals surface area contributed by atoms with Crippen molar-refractivity contribution in [3.8, 4) is 0 Å². The molecule has 5 heteroatoms. The molecule has 1 aliphatic heterocycles. The third-order valence-corrected chi connectivity index (χ3v) is 2.98. The first-order valence-corrected chi connectivity index (χ1v) is 6.37. The van der Waals surface area contributed by atoms with E-state index in [1.54, 1.807) is 7.05 Å². The van der Waals surface area contributed by atoms with Crippen molar-refractivity contribution in [3.05, 3.63) is 0 Å². The lowest BCUT2D eigenvalue weighted by Gasteiger charge is -2.26. The molecule has 0 bridgehead atoms. The normalized spacial score (nSPS) is 19.8. The minimum Gasteiger partial charge on any atom is -0.355 e. The Labute approximate surface area is 103 Å². The third kappa shape index (κ3) is 4.73. The number of carbonyl (C=O) groups is 2. The summed E-state index contributed by atoms with van der Waals surface area (Å²) in [7, 11) is 1.70. The van der Waals surface area contributed by atoms with E-state index in [1.165, 1.54) is 4.90 Å². The molecule has 98 valence electrons. The van der Waals surface area contributed by atoms with Crippen LogP contribution in [0.15, 0.2) is 0 Å². The van der Waals surface area contributed by atoms with Crippen LogP contribution in [0, 0.1) is 5.92 Å². The average Bonchev–Trinajstić information content (AvgIpc) is 2.36. The fourth-order valence-corrected chi connectivity index (χ4v) is 1.99. The van der Waals surface area contributed by atoms with Crippen LogP contribution < -0.4 is 10.6 Å². The average molecular weight is 241 g/mol. The lowest BCUT2D eigenvalue weighted by molar-refractivity contribution is -0.138. The summed E-state index contributed by atoms with van der Waals surface area (Å²) < 4.78 is 0. The molecule has 0 radical (unpaired) electrons. The van der Waals surface area contributed by atoms with Gasteiger partial charge in [-0.15, -0.1) is 0 Å². The highest BCUT2D eigenvalue weighted by molar-refractivity contribution is 5.85. The zero-order valence-corrected chi connectivity index (χ0v) is 10.8. The van der Waals surface area contributed by atoms with Crippen molar-refractivity contribution in [2.24, 2.45) is 5.92 Å². The van der Waals surface area contributed by atoms with Crippen molar-refractivity contribution >= 4 is 11.8 Å². The first-order valence-electron chi connectivity index (χ1n) is 6.37. The van der Waals surface area contributed by atoms with Crippen molar-refractivity contribution in [2.75, 3.05) is 33.2 Å². The lowest BCUT2D eigenvalue weighted by atomic mass is 9.98. The van der Waals surface area contributed by atoms with Crippen LogP contribution in [0.25, 0.3) is 0 Å². The van der Waals surface area contributed by atoms with Gasteiger partial charge in [0, 0.05) is 20.1 Å². The molecule has 1 heterocycles. The van der Waals surface area contributed by atoms with Gasteiger partial charge in [0.15, 0.2) is 0 Å². The van der Waals surface area contributed by atoms with Gasteiger partial charge >= 0.3 is 0 Å². The van der Waals surface area contributed by atoms with Crippen LogP contribution in [0.5, 0.6) is 0 Å². The van der Waals surface area contributed by atoms with Crippen molar-refractivity contribution in [1.29, 1.82) is 0 Å². The molecule has 0 saturated carbocycles. The zero-order chi connectivity index (χ0) is 12.7. The van der Waals surface area contributed by atoms with Gasteiger partial charge < -0.3 is 15.5 Å². The highest BCUT2D eigenvalue weighted by Gasteiger charge is 2.24. The Hall–Kier alpha value is -1.10. The maximum atomic E-state index is 12.0. The molecular weight excluding hydrogens is 218 g/mol. The molecule has 1 aliphatic rings. The maximum absolute atomic E-state index is 12.0. The predicted molar refractivity (Wildman–Crippen MR) is 66.5 cm³/mol. The Morgan fingerprint density at radius 2 is 2.24 bits per heavy atom. The van der Waals surface area contributed by atoms with Crippen molar-refractivity contribution < 1.29 is 9.59 Å². The van der Waals surface area contributed by atoms with Crippen molar-refractivity contribution in [2.45, 2.75) is 26.2 Å². The second-order valence-electron chi connectivity index (χ2n) is 4.59. The van der Waals surface area contributed by atoms with E-state index in [9.17, 15) is 9.59 Å². The van der Waals surface area contributed by atoms with Crippen molar-refractivity contribution in [3.63, 3.8) is 0 Å². The Bertz CT molecular complexity index is 262. The van der Waals surface area contributed by atoms with E-state index >= 15 is 0 Å². The summed E-state index contributed by atoms with van der Waals surface area (Å²) >= 11 is 0. The Kier molecular flexibility index (Phi) is 5.97. The van der Waals surface area contributed by atoms with E-state index in [-0.39, 0.29) is 24.3 Å². The molecule has 0 unspecified atom stereocenters. The highest BCUT2D eigenvalue weighted by atomic mass is 16.2. The van der Waals surface area contributed by atoms with E-state index in [0.717, 1.165) is 32.4 Å². The molecule has 1 saturated heterocycles. The van der Waals surface area contributed by atoms with Gasteiger partial charge in [-0.05, 0) is 25.8 Å². The summed E-state index contributed by atoms with van der Waals surface area (Å²) in [4.78, 5) is 25.0. The smallest absolute Gasteiger partial charge is 0.239 e. The topological polar surface area (TPSA) is 61.4 Å². The lowest BCUT2D eigenvalue weighted by Crippen LogP contribution is -2.45. The largest absolute Gasteiger partial charge is 0.355 e. The molecule has 2 N–H and O–H groups in total. The molecule has 0 spiro atoms. The number of hydrogen-bond donors (Lipinski definition) is 2. The van der Waals surface area contributed by atoms with Gasteiger partial charge in [-0.3, -0.25) is 9.59 Å². The van der Waals surface area contributed by atoms with Crippen LogP contribution in [-0.2, 0) is 9.59 Å². The summed E-state index contributed by atoms with van der Waals surface area (Å²) in [6.07, 6.45) is 2.87. The summed E-state index contributed by atoms with van der Waals surface area (Å²) in [5.41, 5.74) is 0. The summed E-state index contributed by atoms with van der Waals surface area (Å²) in [5, 5.41) is 5.98. The fraction of sp³-hybridized carbons (Fsp3) is 0.833. The molecule has 0 aromatic carbocycles. The summed E-state index contributed by atoms with van der Waals surface area (Å²) in [6, 6.07) is 0. The van der Waals surface area contributed by atoms with Crippen LogP contribution >= 0.6 is 0 Å². The van der Waals surface area contributed by atoms with Gasteiger partial charge in [0.05, 0.1) is 12.5 Å². The maximum Gasteiger partial charge on any atom is 0.239 e. The minimum atomic E-state index is -0.0773. The third-order valence-electron chi connectivity index (χ3n) is 2.98. The predicted octanol–water partition coefficient (Wildman–Crippen LogP) is -0.0294. The zero-order valence-electron chi connectivity index (χ0n) is 10.8. The number of amides is 2. The SMILES string of the molecule is CCCNC(=O)CN(C)C(=O)[C@@H]1CCCNC1. The number of rotatable bonds is 5. The molecule has 2 amide bonds. The number of hydrogen-bond acceptors (Lipinski definition) is 3. The first-order chi connectivity index (χ1) is 8.15. The van der Waals surface area contributed by atoms with E-state index in [2.05, 4.69) is 10.6 Å². The van der Waals surface area contributed by atoms with Crippen LogP contribution in [0.3, 0.4) is 0 Å². The van der Waals surface area contributed by atoms with Crippen molar-refractivity contribution in [1.82, 2.24) is 15.5 Å². The molecular formula is C12H23N3O2. The molecule has 0 aromatic heterocycles. The second-order valence-corrected chi connectivity index (χ2v) is 4.59. The molecule has 0 aliphatic carbocycles. The van der Waals surface area contributed by atoms with Crippen LogP contribution in [0.2, 0.25) is 0 Å². The van der Waals surface area contributed by atoms with Crippen LogP contribution in [-0.4, -0.2) is 49.9 Å². The Morgan fingerprint density at radius 3 is 2.82 bits per heavy atom. The number of nitrogens with zero attached hydrogens (tertiary/aromatic N) is 1. The van der Waals surface area contributed by atoms with E-state index in [1.807, 2.05) is 6.92 Å². The van der Waals surface area contributed by atoms with Gasteiger partial charge in [0.2, 0.25) is 11.8 Å². The Balaban J connectivity index is 2.32. The quantitative estimate of drug-likeness (QED) is 0.710. The van der Waals surface area contributed by atoms with E-state index < -0.39 is 0 Å². The van der Waals surface area contributed by atoms with Gasteiger partial charge in [-0.25, -0.2) is 0 Å². The molecule has 1 rings (SSSR count).